The van der Waals surface area contributed by atoms with Crippen LogP contribution < -0.4 is 4.90 Å². The number of aromatic nitrogens is 1. The van der Waals surface area contributed by atoms with Gasteiger partial charge >= 0.3 is 0 Å². The monoisotopic (exact) mass is 422 g/mol. The van der Waals surface area contributed by atoms with Crippen LogP contribution in [-0.4, -0.2) is 39.7 Å². The van der Waals surface area contributed by atoms with E-state index in [1.807, 2.05) is 11.0 Å². The Balaban J connectivity index is 1.96. The molecule has 27 heavy (non-hydrogen) atoms. The zero-order valence-corrected chi connectivity index (χ0v) is 16.6. The van der Waals surface area contributed by atoms with E-state index in [-0.39, 0.29) is 9.79 Å². The number of halogens is 2. The Bertz CT molecular complexity index is 1100. The molecule has 0 aliphatic carbocycles. The molecule has 1 aliphatic heterocycles. The molecule has 0 N–H and O–H groups in total. The molecule has 0 saturated carbocycles. The van der Waals surface area contributed by atoms with Crippen molar-refractivity contribution in [2.45, 2.75) is 9.79 Å². The summed E-state index contributed by atoms with van der Waals surface area (Å²) in [4.78, 5) is 6.74. The van der Waals surface area contributed by atoms with Gasteiger partial charge in [0.25, 0.3) is 0 Å². The minimum atomic E-state index is -3.77. The van der Waals surface area contributed by atoms with Crippen molar-refractivity contribution in [2.24, 2.45) is 0 Å². The Morgan fingerprint density at radius 3 is 2.33 bits per heavy atom. The molecule has 0 unspecified atom stereocenters. The topological polar surface area (TPSA) is 59.5 Å². The Morgan fingerprint density at radius 1 is 0.963 bits per heavy atom. The van der Waals surface area contributed by atoms with Crippen LogP contribution in [0.15, 0.2) is 58.5 Å². The molecule has 3 aromatic rings. The van der Waals surface area contributed by atoms with Gasteiger partial charge in [0.1, 0.15) is 4.90 Å². The van der Waals surface area contributed by atoms with Crippen molar-refractivity contribution < 1.29 is 13.2 Å². The van der Waals surface area contributed by atoms with Crippen molar-refractivity contribution in [2.75, 3.05) is 31.2 Å². The average Bonchev–Trinajstić information content (AvgIpc) is 2.68. The van der Waals surface area contributed by atoms with Gasteiger partial charge in [-0.05, 0) is 42.5 Å². The molecule has 0 bridgehead atoms. The lowest BCUT2D eigenvalue weighted by molar-refractivity contribution is 0.122. The SMILES string of the molecule is O=S(=O)(c1ccc(Cl)cc1)c1cnc2cc(Cl)ccc2c1N1CCOCC1. The standard InChI is InChI=1S/C19H16Cl2N2O3S/c20-13-1-4-15(5-2-13)27(24,25)18-12-22-17-11-14(21)3-6-16(17)19(18)23-7-9-26-10-8-23/h1-6,11-12H,7-10H2. The van der Waals surface area contributed by atoms with Crippen LogP contribution in [0.3, 0.4) is 0 Å². The smallest absolute Gasteiger partial charge is 0.210 e. The van der Waals surface area contributed by atoms with Gasteiger partial charge in [0.15, 0.2) is 0 Å². The van der Waals surface area contributed by atoms with E-state index in [0.29, 0.717) is 47.6 Å². The second-order valence-electron chi connectivity index (χ2n) is 6.19. The first-order valence-electron chi connectivity index (χ1n) is 8.38. The highest BCUT2D eigenvalue weighted by Crippen LogP contribution is 2.37. The molecule has 1 aromatic heterocycles. The Labute approximate surface area is 167 Å². The minimum absolute atomic E-state index is 0.168. The van der Waals surface area contributed by atoms with Crippen molar-refractivity contribution >= 4 is 49.6 Å². The second-order valence-corrected chi connectivity index (χ2v) is 8.98. The molecule has 0 amide bonds. The summed E-state index contributed by atoms with van der Waals surface area (Å²) in [7, 11) is -3.77. The minimum Gasteiger partial charge on any atom is -0.378 e. The third-order valence-corrected chi connectivity index (χ3v) is 6.77. The summed E-state index contributed by atoms with van der Waals surface area (Å²) in [6, 6.07) is 11.4. The van der Waals surface area contributed by atoms with Crippen LogP contribution in [0.4, 0.5) is 5.69 Å². The van der Waals surface area contributed by atoms with Gasteiger partial charge in [-0.3, -0.25) is 4.98 Å². The molecule has 0 atom stereocenters. The first kappa shape index (κ1) is 18.5. The second kappa shape index (κ2) is 7.28. The van der Waals surface area contributed by atoms with Crippen LogP contribution >= 0.6 is 23.2 Å². The van der Waals surface area contributed by atoms with Gasteiger partial charge in [-0.15, -0.1) is 0 Å². The maximum Gasteiger partial charge on any atom is 0.210 e. The number of sulfone groups is 1. The average molecular weight is 423 g/mol. The highest BCUT2D eigenvalue weighted by molar-refractivity contribution is 7.91. The molecule has 1 aliphatic rings. The highest BCUT2D eigenvalue weighted by Gasteiger charge is 2.27. The van der Waals surface area contributed by atoms with Gasteiger partial charge < -0.3 is 9.64 Å². The fourth-order valence-electron chi connectivity index (χ4n) is 3.18. The fraction of sp³-hybridized carbons (Fsp3) is 0.211. The van der Waals surface area contributed by atoms with Crippen LogP contribution in [0.25, 0.3) is 10.9 Å². The van der Waals surface area contributed by atoms with Crippen LogP contribution in [0.1, 0.15) is 0 Å². The molecule has 0 spiro atoms. The van der Waals surface area contributed by atoms with E-state index < -0.39 is 9.84 Å². The predicted molar refractivity (Wildman–Crippen MR) is 107 cm³/mol. The zero-order valence-electron chi connectivity index (χ0n) is 14.2. The number of ether oxygens (including phenoxy) is 1. The third-order valence-electron chi connectivity index (χ3n) is 4.51. The summed E-state index contributed by atoms with van der Waals surface area (Å²) < 4.78 is 32.1. The zero-order chi connectivity index (χ0) is 19.0. The maximum atomic E-state index is 13.4. The van der Waals surface area contributed by atoms with Gasteiger partial charge in [0, 0.05) is 34.7 Å². The number of pyridine rings is 1. The quantitative estimate of drug-likeness (QED) is 0.632. The number of hydrogen-bond acceptors (Lipinski definition) is 5. The van der Waals surface area contributed by atoms with Gasteiger partial charge in [-0.25, -0.2) is 8.42 Å². The van der Waals surface area contributed by atoms with Crippen molar-refractivity contribution in [1.29, 1.82) is 0 Å². The summed E-state index contributed by atoms with van der Waals surface area (Å²) in [6.07, 6.45) is 1.41. The number of benzene rings is 2. The van der Waals surface area contributed by atoms with E-state index in [0.717, 1.165) is 5.39 Å². The molecule has 1 fully saturated rings. The molecule has 2 aromatic carbocycles. The van der Waals surface area contributed by atoms with Crippen molar-refractivity contribution in [3.8, 4) is 0 Å². The summed E-state index contributed by atoms with van der Waals surface area (Å²) in [5.74, 6) is 0. The lowest BCUT2D eigenvalue weighted by atomic mass is 10.1. The van der Waals surface area contributed by atoms with E-state index in [1.165, 1.54) is 18.3 Å². The lowest BCUT2D eigenvalue weighted by Crippen LogP contribution is -2.37. The maximum absolute atomic E-state index is 13.4. The number of rotatable bonds is 3. The number of nitrogens with zero attached hydrogens (tertiary/aromatic N) is 2. The van der Waals surface area contributed by atoms with Crippen molar-refractivity contribution in [1.82, 2.24) is 4.98 Å². The fourth-order valence-corrected chi connectivity index (χ4v) is 4.91. The van der Waals surface area contributed by atoms with Crippen molar-refractivity contribution in [3.63, 3.8) is 0 Å². The van der Waals surface area contributed by atoms with E-state index in [4.69, 9.17) is 27.9 Å². The number of fused-ring (bicyclic) bond motifs is 1. The normalized spacial score (nSPS) is 15.3. The van der Waals surface area contributed by atoms with E-state index >= 15 is 0 Å². The first-order chi connectivity index (χ1) is 13.0. The summed E-state index contributed by atoms with van der Waals surface area (Å²) in [5.41, 5.74) is 1.29. The van der Waals surface area contributed by atoms with Crippen molar-refractivity contribution in [3.05, 3.63) is 58.7 Å². The summed E-state index contributed by atoms with van der Waals surface area (Å²) in [6.45, 7) is 2.28. The molecule has 4 rings (SSSR count). The van der Waals surface area contributed by atoms with Gasteiger partial charge in [-0.2, -0.15) is 0 Å². The Kier molecular flexibility index (Phi) is 4.99. The molecule has 8 heteroatoms. The summed E-state index contributed by atoms with van der Waals surface area (Å²) in [5, 5.41) is 1.78. The third kappa shape index (κ3) is 3.50. The number of morpholine rings is 1. The molecule has 140 valence electrons. The lowest BCUT2D eigenvalue weighted by Gasteiger charge is -2.31. The molecule has 2 heterocycles. The summed E-state index contributed by atoms with van der Waals surface area (Å²) >= 11 is 12.0. The predicted octanol–water partition coefficient (Wildman–Crippen LogP) is 4.21. The van der Waals surface area contributed by atoms with Gasteiger partial charge in [0.05, 0.1) is 29.3 Å². The van der Waals surface area contributed by atoms with E-state index in [1.54, 1.807) is 24.3 Å². The molecular formula is C19H16Cl2N2O3S. The molecule has 1 saturated heterocycles. The van der Waals surface area contributed by atoms with Crippen LogP contribution in [0.5, 0.6) is 0 Å². The van der Waals surface area contributed by atoms with E-state index in [9.17, 15) is 8.42 Å². The van der Waals surface area contributed by atoms with Gasteiger partial charge in [0.2, 0.25) is 9.84 Å². The largest absolute Gasteiger partial charge is 0.378 e. The van der Waals surface area contributed by atoms with Crippen LogP contribution in [0.2, 0.25) is 10.0 Å². The van der Waals surface area contributed by atoms with E-state index in [2.05, 4.69) is 4.98 Å². The first-order valence-corrected chi connectivity index (χ1v) is 10.6. The Morgan fingerprint density at radius 2 is 1.63 bits per heavy atom. The molecule has 5 nitrogen and oxygen atoms in total. The molecule has 0 radical (unpaired) electrons. The van der Waals surface area contributed by atoms with Crippen LogP contribution in [-0.2, 0) is 14.6 Å². The number of hydrogen-bond donors (Lipinski definition) is 0. The van der Waals surface area contributed by atoms with Gasteiger partial charge in [-0.1, -0.05) is 23.2 Å². The molecular weight excluding hydrogens is 407 g/mol. The highest BCUT2D eigenvalue weighted by atomic mass is 35.5. The number of anilines is 1. The van der Waals surface area contributed by atoms with Crippen LogP contribution in [0, 0.1) is 0 Å². The Hall–Kier alpha value is -1.86.